The molecule has 26 heavy (non-hydrogen) atoms. The molecule has 1 saturated heterocycles. The molecule has 2 atom stereocenters. The number of carboxylic acids is 1. The summed E-state index contributed by atoms with van der Waals surface area (Å²) in [7, 11) is 0. The van der Waals surface area contributed by atoms with Crippen molar-refractivity contribution in [2.24, 2.45) is 0 Å². The van der Waals surface area contributed by atoms with Gasteiger partial charge in [0.1, 0.15) is 0 Å². The lowest BCUT2D eigenvalue weighted by Gasteiger charge is -2.41. The zero-order valence-corrected chi connectivity index (χ0v) is 15.1. The zero-order valence-electron chi connectivity index (χ0n) is 15.1. The summed E-state index contributed by atoms with van der Waals surface area (Å²) in [5.41, 5.74) is 2.66. The van der Waals surface area contributed by atoms with Crippen LogP contribution in [0.1, 0.15) is 34.5 Å². The molecule has 0 unspecified atom stereocenters. The zero-order chi connectivity index (χ0) is 18.4. The van der Waals surface area contributed by atoms with Crippen molar-refractivity contribution in [3.8, 4) is 0 Å². The number of likely N-dealkylation sites (N-methyl/N-ethyl adjacent to an activating group) is 1. The second-order valence-corrected chi connectivity index (χ2v) is 6.53. The molecule has 0 bridgehead atoms. The fourth-order valence-corrected chi connectivity index (χ4v) is 3.51. The Morgan fingerprint density at radius 1 is 1.19 bits per heavy atom. The number of nitrogens with zero attached hydrogens (tertiary/aromatic N) is 1. The molecule has 138 valence electrons. The average Bonchev–Trinajstić information content (AvgIpc) is 2.68. The van der Waals surface area contributed by atoms with Crippen LogP contribution in [0.3, 0.4) is 0 Å². The molecule has 5 nitrogen and oxygen atoms in total. The van der Waals surface area contributed by atoms with Gasteiger partial charge < -0.3 is 15.2 Å². The van der Waals surface area contributed by atoms with Crippen LogP contribution in [-0.2, 0) is 11.3 Å². The Morgan fingerprint density at radius 2 is 1.92 bits per heavy atom. The maximum absolute atomic E-state index is 10.9. The molecule has 1 aliphatic rings. The molecule has 2 aromatic rings. The quantitative estimate of drug-likeness (QED) is 0.800. The summed E-state index contributed by atoms with van der Waals surface area (Å²) in [5.74, 6) is -0.898. The minimum absolute atomic E-state index is 0.0874. The number of morpholine rings is 1. The number of nitrogens with one attached hydrogen (secondary N) is 1. The van der Waals surface area contributed by atoms with E-state index in [0.29, 0.717) is 12.1 Å². The third kappa shape index (κ3) is 4.49. The topological polar surface area (TPSA) is 61.8 Å². The van der Waals surface area contributed by atoms with E-state index in [4.69, 9.17) is 9.84 Å². The molecule has 1 heterocycles. The van der Waals surface area contributed by atoms with Crippen LogP contribution in [0.5, 0.6) is 0 Å². The van der Waals surface area contributed by atoms with Gasteiger partial charge in [0, 0.05) is 19.6 Å². The SMILES string of the molecule is CCN1CCO[C@@H](CNCc2ccc(C(=O)O)cc2)[C@@H]1c1ccccc1. The number of benzene rings is 2. The van der Waals surface area contributed by atoms with Gasteiger partial charge in [-0.1, -0.05) is 49.4 Å². The largest absolute Gasteiger partial charge is 0.478 e. The first-order valence-electron chi connectivity index (χ1n) is 9.12. The van der Waals surface area contributed by atoms with E-state index < -0.39 is 5.97 Å². The molecule has 0 radical (unpaired) electrons. The lowest BCUT2D eigenvalue weighted by atomic mass is 9.97. The Balaban J connectivity index is 1.62. The van der Waals surface area contributed by atoms with E-state index in [1.54, 1.807) is 12.1 Å². The van der Waals surface area contributed by atoms with Crippen LogP contribution in [0.15, 0.2) is 54.6 Å². The second kappa shape index (κ2) is 8.94. The van der Waals surface area contributed by atoms with Gasteiger partial charge in [-0.15, -0.1) is 0 Å². The number of carboxylic acid groups (broad SMARTS) is 1. The summed E-state index contributed by atoms with van der Waals surface area (Å²) in [4.78, 5) is 13.4. The Hall–Kier alpha value is -2.21. The first-order chi connectivity index (χ1) is 12.7. The second-order valence-electron chi connectivity index (χ2n) is 6.53. The highest BCUT2D eigenvalue weighted by atomic mass is 16.5. The van der Waals surface area contributed by atoms with Crippen molar-refractivity contribution in [2.75, 3.05) is 26.2 Å². The standard InChI is InChI=1S/C21H26N2O3/c1-2-23-12-13-26-19(20(23)17-6-4-3-5-7-17)15-22-14-16-8-10-18(11-9-16)21(24)25/h3-11,19-20,22H,2,12-15H2,1H3,(H,24,25)/t19-,20-/m0/s1. The van der Waals surface area contributed by atoms with E-state index >= 15 is 0 Å². The minimum Gasteiger partial charge on any atom is -0.478 e. The third-order valence-corrected chi connectivity index (χ3v) is 4.88. The fraction of sp³-hybridized carbons (Fsp3) is 0.381. The van der Waals surface area contributed by atoms with E-state index in [0.717, 1.165) is 31.8 Å². The van der Waals surface area contributed by atoms with E-state index in [-0.39, 0.29) is 12.1 Å². The first-order valence-corrected chi connectivity index (χ1v) is 9.12. The van der Waals surface area contributed by atoms with Crippen LogP contribution in [-0.4, -0.2) is 48.3 Å². The Bertz CT molecular complexity index is 703. The predicted octanol–water partition coefficient (Wildman–Crippen LogP) is 2.94. The molecular formula is C21H26N2O3. The number of carbonyl (C=O) groups is 1. The lowest BCUT2D eigenvalue weighted by Crippen LogP contribution is -2.48. The first kappa shape index (κ1) is 18.6. The molecule has 0 aromatic heterocycles. The summed E-state index contributed by atoms with van der Waals surface area (Å²) in [6, 6.07) is 17.8. The molecule has 0 spiro atoms. The van der Waals surface area contributed by atoms with Crippen molar-refractivity contribution in [3.05, 3.63) is 71.3 Å². The van der Waals surface area contributed by atoms with E-state index in [1.807, 2.05) is 18.2 Å². The molecule has 2 aromatic carbocycles. The number of hydrogen-bond donors (Lipinski definition) is 2. The summed E-state index contributed by atoms with van der Waals surface area (Å²) in [6.07, 6.45) is 0.0874. The van der Waals surface area contributed by atoms with E-state index in [2.05, 4.69) is 41.4 Å². The number of hydrogen-bond acceptors (Lipinski definition) is 4. The van der Waals surface area contributed by atoms with Crippen LogP contribution in [0.25, 0.3) is 0 Å². The van der Waals surface area contributed by atoms with Crippen LogP contribution in [0.4, 0.5) is 0 Å². The minimum atomic E-state index is -0.898. The van der Waals surface area contributed by atoms with Crippen LogP contribution < -0.4 is 5.32 Å². The van der Waals surface area contributed by atoms with Crippen molar-refractivity contribution >= 4 is 5.97 Å². The van der Waals surface area contributed by atoms with Gasteiger partial charge in [-0.05, 0) is 29.8 Å². The van der Waals surface area contributed by atoms with Crippen molar-refractivity contribution in [3.63, 3.8) is 0 Å². The Labute approximate surface area is 154 Å². The number of aromatic carboxylic acids is 1. The van der Waals surface area contributed by atoms with Gasteiger partial charge in [-0.3, -0.25) is 4.90 Å². The average molecular weight is 354 g/mol. The van der Waals surface area contributed by atoms with E-state index in [1.165, 1.54) is 5.56 Å². The number of ether oxygens (including phenoxy) is 1. The van der Waals surface area contributed by atoms with Gasteiger partial charge in [-0.2, -0.15) is 0 Å². The molecule has 1 aliphatic heterocycles. The summed E-state index contributed by atoms with van der Waals surface area (Å²) < 4.78 is 6.08. The van der Waals surface area contributed by atoms with Gasteiger partial charge >= 0.3 is 5.97 Å². The molecule has 0 saturated carbocycles. The van der Waals surface area contributed by atoms with E-state index in [9.17, 15) is 4.79 Å². The lowest BCUT2D eigenvalue weighted by molar-refractivity contribution is -0.0694. The van der Waals surface area contributed by atoms with Crippen LogP contribution in [0, 0.1) is 0 Å². The maximum atomic E-state index is 10.9. The van der Waals surface area contributed by atoms with Gasteiger partial charge in [0.15, 0.2) is 0 Å². The van der Waals surface area contributed by atoms with Gasteiger partial charge in [0.25, 0.3) is 0 Å². The molecule has 1 fully saturated rings. The molecular weight excluding hydrogens is 328 g/mol. The van der Waals surface area contributed by atoms with Crippen molar-refractivity contribution in [1.29, 1.82) is 0 Å². The van der Waals surface area contributed by atoms with Gasteiger partial charge in [-0.25, -0.2) is 4.79 Å². The normalized spacial score (nSPS) is 20.8. The summed E-state index contributed by atoms with van der Waals surface area (Å²) in [5, 5.41) is 12.4. The Kier molecular flexibility index (Phi) is 6.39. The highest BCUT2D eigenvalue weighted by Gasteiger charge is 2.32. The van der Waals surface area contributed by atoms with Crippen LogP contribution in [0.2, 0.25) is 0 Å². The molecule has 0 amide bonds. The predicted molar refractivity (Wildman–Crippen MR) is 101 cm³/mol. The maximum Gasteiger partial charge on any atom is 0.335 e. The molecule has 0 aliphatic carbocycles. The van der Waals surface area contributed by atoms with Crippen molar-refractivity contribution in [2.45, 2.75) is 25.6 Å². The van der Waals surface area contributed by atoms with Crippen LogP contribution >= 0.6 is 0 Å². The van der Waals surface area contributed by atoms with Gasteiger partial charge in [0.05, 0.1) is 24.3 Å². The monoisotopic (exact) mass is 354 g/mol. The molecule has 3 rings (SSSR count). The Morgan fingerprint density at radius 3 is 2.58 bits per heavy atom. The smallest absolute Gasteiger partial charge is 0.335 e. The van der Waals surface area contributed by atoms with Gasteiger partial charge in [0.2, 0.25) is 0 Å². The fourth-order valence-electron chi connectivity index (χ4n) is 3.51. The van der Waals surface area contributed by atoms with Crippen molar-refractivity contribution in [1.82, 2.24) is 10.2 Å². The van der Waals surface area contributed by atoms with Crippen molar-refractivity contribution < 1.29 is 14.6 Å². The molecule has 5 heteroatoms. The molecule has 2 N–H and O–H groups in total. The highest BCUT2D eigenvalue weighted by Crippen LogP contribution is 2.29. The summed E-state index contributed by atoms with van der Waals surface area (Å²) >= 11 is 0. The highest BCUT2D eigenvalue weighted by molar-refractivity contribution is 5.87. The summed E-state index contributed by atoms with van der Waals surface area (Å²) in [6.45, 7) is 6.32. The number of rotatable bonds is 7. The third-order valence-electron chi connectivity index (χ3n) is 4.88.